The van der Waals surface area contributed by atoms with Crippen molar-refractivity contribution in [3.8, 4) is 0 Å². The first-order valence-electron chi connectivity index (χ1n) is 5.83. The Labute approximate surface area is 106 Å². The number of nitrogen functional groups attached to an aromatic ring is 1. The fraction of sp³-hybridized carbons (Fsp3) is 0.462. The predicted octanol–water partition coefficient (Wildman–Crippen LogP) is 2.55. The van der Waals surface area contributed by atoms with E-state index >= 15 is 0 Å². The molecule has 0 saturated carbocycles. The number of nitrogens with two attached hydrogens (primary N) is 1. The molecule has 1 aromatic carbocycles. The van der Waals surface area contributed by atoms with Crippen molar-refractivity contribution in [2.45, 2.75) is 32.8 Å². The summed E-state index contributed by atoms with van der Waals surface area (Å²) in [5.74, 6) is -0.793. The van der Waals surface area contributed by atoms with Crippen molar-refractivity contribution in [2.24, 2.45) is 0 Å². The molecular formula is C13H19FN2O2. The lowest BCUT2D eigenvalue weighted by Crippen LogP contribution is -2.29. The van der Waals surface area contributed by atoms with E-state index in [-0.39, 0.29) is 23.8 Å². The van der Waals surface area contributed by atoms with Crippen LogP contribution in [0.5, 0.6) is 0 Å². The van der Waals surface area contributed by atoms with E-state index in [0.29, 0.717) is 5.69 Å². The van der Waals surface area contributed by atoms with Crippen LogP contribution in [0.15, 0.2) is 18.2 Å². The SMILES string of the molecule is CCC(C)(C)OCC(=O)Nc1ccc(F)c(N)c1. The van der Waals surface area contributed by atoms with Crippen LogP contribution in [-0.2, 0) is 9.53 Å². The number of rotatable bonds is 5. The second-order valence-electron chi connectivity index (χ2n) is 4.69. The average Bonchev–Trinajstić information content (AvgIpc) is 2.32. The number of nitrogens with one attached hydrogen (secondary N) is 1. The lowest BCUT2D eigenvalue weighted by atomic mass is 10.1. The maximum Gasteiger partial charge on any atom is 0.250 e. The fourth-order valence-corrected chi connectivity index (χ4v) is 1.18. The van der Waals surface area contributed by atoms with Crippen molar-refractivity contribution >= 4 is 17.3 Å². The molecule has 0 spiro atoms. The molecule has 0 aliphatic heterocycles. The van der Waals surface area contributed by atoms with Gasteiger partial charge in [-0.2, -0.15) is 0 Å². The summed E-state index contributed by atoms with van der Waals surface area (Å²) in [6.07, 6.45) is 0.809. The van der Waals surface area contributed by atoms with Crippen molar-refractivity contribution in [2.75, 3.05) is 17.7 Å². The molecule has 1 rings (SSSR count). The highest BCUT2D eigenvalue weighted by atomic mass is 19.1. The molecule has 1 aromatic rings. The smallest absolute Gasteiger partial charge is 0.250 e. The minimum Gasteiger partial charge on any atom is -0.396 e. The molecule has 0 bridgehead atoms. The van der Waals surface area contributed by atoms with Gasteiger partial charge in [0.15, 0.2) is 0 Å². The van der Waals surface area contributed by atoms with Crippen LogP contribution in [0.2, 0.25) is 0 Å². The van der Waals surface area contributed by atoms with Gasteiger partial charge in [-0.1, -0.05) is 6.92 Å². The summed E-state index contributed by atoms with van der Waals surface area (Å²) < 4.78 is 18.4. The zero-order valence-electron chi connectivity index (χ0n) is 10.9. The zero-order chi connectivity index (χ0) is 13.8. The Morgan fingerprint density at radius 1 is 1.50 bits per heavy atom. The van der Waals surface area contributed by atoms with E-state index in [4.69, 9.17) is 10.5 Å². The van der Waals surface area contributed by atoms with Crippen molar-refractivity contribution in [3.05, 3.63) is 24.0 Å². The van der Waals surface area contributed by atoms with Crippen molar-refractivity contribution < 1.29 is 13.9 Å². The van der Waals surface area contributed by atoms with Crippen molar-refractivity contribution in [1.29, 1.82) is 0 Å². The van der Waals surface area contributed by atoms with Gasteiger partial charge < -0.3 is 15.8 Å². The summed E-state index contributed by atoms with van der Waals surface area (Å²) >= 11 is 0. The second kappa shape index (κ2) is 5.82. The molecule has 0 unspecified atom stereocenters. The number of hydrogen-bond acceptors (Lipinski definition) is 3. The fourth-order valence-electron chi connectivity index (χ4n) is 1.18. The Morgan fingerprint density at radius 2 is 2.17 bits per heavy atom. The highest BCUT2D eigenvalue weighted by Crippen LogP contribution is 2.17. The zero-order valence-corrected chi connectivity index (χ0v) is 10.9. The normalized spacial score (nSPS) is 11.3. The lowest BCUT2D eigenvalue weighted by Gasteiger charge is -2.22. The summed E-state index contributed by atoms with van der Waals surface area (Å²) in [5, 5.41) is 2.60. The van der Waals surface area contributed by atoms with Crippen molar-refractivity contribution in [3.63, 3.8) is 0 Å². The monoisotopic (exact) mass is 254 g/mol. The molecule has 0 fully saturated rings. The Balaban J connectivity index is 2.52. The maximum absolute atomic E-state index is 12.9. The van der Waals surface area contributed by atoms with Gasteiger partial charge in [0.1, 0.15) is 12.4 Å². The molecule has 0 atom stereocenters. The molecule has 18 heavy (non-hydrogen) atoms. The molecule has 0 aliphatic carbocycles. The van der Waals surface area contributed by atoms with Crippen LogP contribution < -0.4 is 11.1 Å². The minimum absolute atomic E-state index is 0.00241. The number of ether oxygens (including phenoxy) is 1. The van der Waals surface area contributed by atoms with E-state index in [1.165, 1.54) is 18.2 Å². The Bertz CT molecular complexity index is 433. The molecule has 0 heterocycles. The summed E-state index contributed by atoms with van der Waals surface area (Å²) in [7, 11) is 0. The molecule has 0 radical (unpaired) electrons. The Kier molecular flexibility index (Phi) is 4.67. The topological polar surface area (TPSA) is 64.3 Å². The third kappa shape index (κ3) is 4.33. The van der Waals surface area contributed by atoms with Gasteiger partial charge in [0.05, 0.1) is 11.3 Å². The summed E-state index contributed by atoms with van der Waals surface area (Å²) in [4.78, 5) is 11.6. The van der Waals surface area contributed by atoms with Gasteiger partial charge in [0, 0.05) is 5.69 Å². The van der Waals surface area contributed by atoms with Gasteiger partial charge in [-0.05, 0) is 38.5 Å². The molecule has 1 amide bonds. The first-order chi connectivity index (χ1) is 8.34. The van der Waals surface area contributed by atoms with Crippen LogP contribution in [0.4, 0.5) is 15.8 Å². The number of benzene rings is 1. The third-order valence-corrected chi connectivity index (χ3v) is 2.73. The molecule has 0 aliphatic rings. The maximum atomic E-state index is 12.9. The predicted molar refractivity (Wildman–Crippen MR) is 69.8 cm³/mol. The van der Waals surface area contributed by atoms with Gasteiger partial charge >= 0.3 is 0 Å². The highest BCUT2D eigenvalue weighted by Gasteiger charge is 2.17. The Morgan fingerprint density at radius 3 is 2.72 bits per heavy atom. The number of hydrogen-bond donors (Lipinski definition) is 2. The average molecular weight is 254 g/mol. The quantitative estimate of drug-likeness (QED) is 0.794. The number of carbonyl (C=O) groups excluding carboxylic acids is 1. The Hall–Kier alpha value is -1.62. The molecule has 3 N–H and O–H groups in total. The first kappa shape index (κ1) is 14.4. The summed E-state index contributed by atoms with van der Waals surface area (Å²) in [5.41, 5.74) is 5.53. The van der Waals surface area contributed by atoms with Crippen LogP contribution in [0.25, 0.3) is 0 Å². The number of amides is 1. The number of halogens is 1. The number of anilines is 2. The summed E-state index contributed by atoms with van der Waals surface area (Å²) in [6, 6.07) is 4.04. The first-order valence-corrected chi connectivity index (χ1v) is 5.83. The lowest BCUT2D eigenvalue weighted by molar-refractivity contribution is -0.126. The largest absolute Gasteiger partial charge is 0.396 e. The molecular weight excluding hydrogens is 235 g/mol. The second-order valence-corrected chi connectivity index (χ2v) is 4.69. The molecule has 5 heteroatoms. The van der Waals surface area contributed by atoms with Gasteiger partial charge in [-0.15, -0.1) is 0 Å². The van der Waals surface area contributed by atoms with Crippen LogP contribution in [0.3, 0.4) is 0 Å². The third-order valence-electron chi connectivity index (χ3n) is 2.73. The molecule has 0 aromatic heterocycles. The highest BCUT2D eigenvalue weighted by molar-refractivity contribution is 5.92. The van der Waals surface area contributed by atoms with Gasteiger partial charge in [0.2, 0.25) is 5.91 Å². The minimum atomic E-state index is -0.503. The van der Waals surface area contributed by atoms with E-state index in [1.807, 2.05) is 20.8 Å². The van der Waals surface area contributed by atoms with Gasteiger partial charge in [-0.25, -0.2) is 4.39 Å². The van der Waals surface area contributed by atoms with E-state index in [2.05, 4.69) is 5.32 Å². The van der Waals surface area contributed by atoms with Crippen LogP contribution >= 0.6 is 0 Å². The van der Waals surface area contributed by atoms with Crippen LogP contribution in [0.1, 0.15) is 27.2 Å². The summed E-state index contributed by atoms with van der Waals surface area (Å²) in [6.45, 7) is 5.77. The molecule has 4 nitrogen and oxygen atoms in total. The van der Waals surface area contributed by atoms with Crippen molar-refractivity contribution in [1.82, 2.24) is 0 Å². The van der Waals surface area contributed by atoms with E-state index in [0.717, 1.165) is 6.42 Å². The van der Waals surface area contributed by atoms with E-state index in [1.54, 1.807) is 0 Å². The number of carbonyl (C=O) groups is 1. The molecule has 100 valence electrons. The van der Waals surface area contributed by atoms with Gasteiger partial charge in [0.25, 0.3) is 0 Å². The molecule has 0 saturated heterocycles. The van der Waals surface area contributed by atoms with Crippen LogP contribution in [-0.4, -0.2) is 18.1 Å². The van der Waals surface area contributed by atoms with Crippen LogP contribution in [0, 0.1) is 5.82 Å². The standard InChI is InChI=1S/C13H19FN2O2/c1-4-13(2,3)18-8-12(17)16-9-5-6-10(14)11(15)7-9/h5-7H,4,8,15H2,1-3H3,(H,16,17). The van der Waals surface area contributed by atoms with E-state index in [9.17, 15) is 9.18 Å². The van der Waals surface area contributed by atoms with Gasteiger partial charge in [-0.3, -0.25) is 4.79 Å². The van der Waals surface area contributed by atoms with E-state index < -0.39 is 5.82 Å².